The Morgan fingerprint density at radius 1 is 1.18 bits per heavy atom. The highest BCUT2D eigenvalue weighted by atomic mass is 16.5. The van der Waals surface area contributed by atoms with Gasteiger partial charge in [0.2, 0.25) is 0 Å². The minimum absolute atomic E-state index is 0.141. The summed E-state index contributed by atoms with van der Waals surface area (Å²) in [7, 11) is 0. The molecule has 2 aromatic carbocycles. The number of benzene rings is 2. The Morgan fingerprint density at radius 2 is 2.00 bits per heavy atom. The molecule has 0 amide bonds. The largest absolute Gasteiger partial charge is 0.492 e. The van der Waals surface area contributed by atoms with E-state index in [0.717, 1.165) is 10.8 Å². The molecule has 17 heavy (non-hydrogen) atoms. The van der Waals surface area contributed by atoms with E-state index in [-0.39, 0.29) is 12.4 Å². The van der Waals surface area contributed by atoms with Crippen molar-refractivity contribution in [3.8, 4) is 5.75 Å². The Labute approximate surface area is 98.0 Å². The van der Waals surface area contributed by atoms with Gasteiger partial charge in [-0.3, -0.25) is 4.79 Å². The summed E-state index contributed by atoms with van der Waals surface area (Å²) in [5.41, 5.74) is 0.534. The van der Waals surface area contributed by atoms with Crippen molar-refractivity contribution in [2.75, 3.05) is 6.61 Å². The van der Waals surface area contributed by atoms with Gasteiger partial charge in [-0.1, -0.05) is 30.3 Å². The average Bonchev–Trinajstić information content (AvgIpc) is 2.38. The molecule has 1 unspecified atom stereocenters. The average molecular weight is 226 g/mol. The predicted octanol–water partition coefficient (Wildman–Crippen LogP) is 2.23. The van der Waals surface area contributed by atoms with Crippen molar-refractivity contribution in [2.45, 2.75) is 0 Å². The van der Waals surface area contributed by atoms with Crippen molar-refractivity contribution in [1.29, 1.82) is 0 Å². The van der Waals surface area contributed by atoms with Crippen LogP contribution in [0.1, 0.15) is 10.4 Å². The maximum Gasteiger partial charge on any atom is 0.180 e. The van der Waals surface area contributed by atoms with Gasteiger partial charge in [0.1, 0.15) is 24.6 Å². The van der Waals surface area contributed by atoms with Crippen LogP contribution in [0.4, 0.5) is 0 Å². The van der Waals surface area contributed by atoms with E-state index in [4.69, 9.17) is 4.74 Å². The highest BCUT2D eigenvalue weighted by Crippen LogP contribution is 2.33. The molecular weight excluding hydrogens is 216 g/mol. The zero-order valence-electron chi connectivity index (χ0n) is 9.05. The van der Waals surface area contributed by atoms with Gasteiger partial charge < -0.3 is 9.53 Å². The lowest BCUT2D eigenvalue weighted by Gasteiger charge is -2.21. The zero-order chi connectivity index (χ0) is 11.8. The van der Waals surface area contributed by atoms with E-state index < -0.39 is 5.92 Å². The fourth-order valence-corrected chi connectivity index (χ4v) is 2.17. The molecule has 3 nitrogen and oxygen atoms in total. The maximum absolute atomic E-state index is 12.2. The molecule has 2 aromatic rings. The lowest BCUT2D eigenvalue weighted by atomic mass is 9.92. The molecule has 0 aromatic heterocycles. The quantitative estimate of drug-likeness (QED) is 0.553. The van der Waals surface area contributed by atoms with Gasteiger partial charge in [0.25, 0.3) is 0 Å². The Balaban J connectivity index is 2.31. The maximum atomic E-state index is 12.2. The number of carbonyl (C=O) groups excluding carboxylic acids is 2. The first-order valence-electron chi connectivity index (χ1n) is 5.45. The van der Waals surface area contributed by atoms with Gasteiger partial charge in [-0.25, -0.2) is 0 Å². The van der Waals surface area contributed by atoms with Crippen molar-refractivity contribution >= 4 is 22.8 Å². The lowest BCUT2D eigenvalue weighted by molar-refractivity contribution is -0.110. The molecule has 1 aliphatic heterocycles. The second-order valence-electron chi connectivity index (χ2n) is 4.08. The van der Waals surface area contributed by atoms with Crippen molar-refractivity contribution < 1.29 is 14.3 Å². The van der Waals surface area contributed by atoms with Crippen LogP contribution in [0, 0.1) is 5.92 Å². The summed E-state index contributed by atoms with van der Waals surface area (Å²) in [6, 6.07) is 11.3. The molecule has 3 rings (SSSR count). The van der Waals surface area contributed by atoms with Crippen LogP contribution in [0.5, 0.6) is 5.75 Å². The minimum Gasteiger partial charge on any atom is -0.492 e. The first kappa shape index (κ1) is 10.0. The highest BCUT2D eigenvalue weighted by Gasteiger charge is 2.29. The lowest BCUT2D eigenvalue weighted by Crippen LogP contribution is -2.29. The van der Waals surface area contributed by atoms with E-state index in [9.17, 15) is 9.59 Å². The summed E-state index contributed by atoms with van der Waals surface area (Å²) in [5.74, 6) is -0.238. The van der Waals surface area contributed by atoms with Crippen LogP contribution in [-0.2, 0) is 4.79 Å². The normalized spacial score (nSPS) is 18.6. The van der Waals surface area contributed by atoms with Gasteiger partial charge in [0.05, 0.1) is 5.56 Å². The van der Waals surface area contributed by atoms with Crippen LogP contribution in [-0.4, -0.2) is 18.7 Å². The topological polar surface area (TPSA) is 43.4 Å². The summed E-state index contributed by atoms with van der Waals surface area (Å²) < 4.78 is 5.45. The van der Waals surface area contributed by atoms with Gasteiger partial charge in [0, 0.05) is 0 Å². The van der Waals surface area contributed by atoms with E-state index in [1.165, 1.54) is 0 Å². The smallest absolute Gasteiger partial charge is 0.180 e. The first-order valence-corrected chi connectivity index (χ1v) is 5.45. The number of fused-ring (bicyclic) bond motifs is 3. The second kappa shape index (κ2) is 3.70. The third kappa shape index (κ3) is 1.43. The fraction of sp³-hybridized carbons (Fsp3) is 0.143. The molecule has 0 fully saturated rings. The molecule has 1 heterocycles. The van der Waals surface area contributed by atoms with E-state index >= 15 is 0 Å². The molecule has 84 valence electrons. The van der Waals surface area contributed by atoms with Gasteiger partial charge >= 0.3 is 0 Å². The number of carbonyl (C=O) groups is 2. The van der Waals surface area contributed by atoms with E-state index in [1.54, 1.807) is 6.07 Å². The van der Waals surface area contributed by atoms with Gasteiger partial charge in [-0.05, 0) is 16.8 Å². The molecule has 1 atom stereocenters. The molecule has 1 aliphatic rings. The minimum atomic E-state index is -0.673. The molecule has 0 aliphatic carbocycles. The van der Waals surface area contributed by atoms with E-state index in [1.807, 2.05) is 30.3 Å². The summed E-state index contributed by atoms with van der Waals surface area (Å²) in [5, 5.41) is 1.83. The number of Topliss-reactive ketones (excluding diaryl/α,β-unsaturated/α-hetero) is 1. The predicted molar refractivity (Wildman–Crippen MR) is 63.3 cm³/mol. The van der Waals surface area contributed by atoms with Crippen LogP contribution in [0.25, 0.3) is 10.8 Å². The Morgan fingerprint density at radius 3 is 2.82 bits per heavy atom. The summed E-state index contributed by atoms with van der Waals surface area (Å²) in [6.07, 6.45) is 0.660. The number of rotatable bonds is 1. The molecule has 0 N–H and O–H groups in total. The molecule has 0 saturated carbocycles. The summed E-state index contributed by atoms with van der Waals surface area (Å²) in [4.78, 5) is 23.0. The van der Waals surface area contributed by atoms with Crippen molar-refractivity contribution in [3.05, 3.63) is 42.0 Å². The molecule has 0 radical (unpaired) electrons. The van der Waals surface area contributed by atoms with Crippen molar-refractivity contribution in [3.63, 3.8) is 0 Å². The Hall–Kier alpha value is -2.16. The molecular formula is C14H10O3. The van der Waals surface area contributed by atoms with Gasteiger partial charge in [-0.2, -0.15) is 0 Å². The van der Waals surface area contributed by atoms with Crippen LogP contribution >= 0.6 is 0 Å². The van der Waals surface area contributed by atoms with Crippen LogP contribution in [0.15, 0.2) is 36.4 Å². The monoisotopic (exact) mass is 226 g/mol. The van der Waals surface area contributed by atoms with Gasteiger partial charge in [-0.15, -0.1) is 0 Å². The highest BCUT2D eigenvalue weighted by molar-refractivity contribution is 6.16. The van der Waals surface area contributed by atoms with Gasteiger partial charge in [0.15, 0.2) is 5.78 Å². The molecule has 3 heteroatoms. The van der Waals surface area contributed by atoms with Crippen molar-refractivity contribution in [1.82, 2.24) is 0 Å². The zero-order valence-corrected chi connectivity index (χ0v) is 9.05. The number of hydrogen-bond donors (Lipinski definition) is 0. The summed E-state index contributed by atoms with van der Waals surface area (Å²) >= 11 is 0. The van der Waals surface area contributed by atoms with Crippen LogP contribution in [0.3, 0.4) is 0 Å². The molecule has 0 spiro atoms. The Bertz CT molecular complexity index is 616. The molecule has 0 bridgehead atoms. The van der Waals surface area contributed by atoms with Crippen molar-refractivity contribution in [2.24, 2.45) is 5.92 Å². The SMILES string of the molecule is O=CC1COc2ccc3ccccc3c2C1=O. The third-order valence-electron chi connectivity index (χ3n) is 3.06. The van der Waals surface area contributed by atoms with Crippen LogP contribution < -0.4 is 4.74 Å². The second-order valence-corrected chi connectivity index (χ2v) is 4.08. The van der Waals surface area contributed by atoms with E-state index in [2.05, 4.69) is 0 Å². The van der Waals surface area contributed by atoms with Crippen LogP contribution in [0.2, 0.25) is 0 Å². The standard InChI is InChI=1S/C14H10O3/c15-7-10-8-17-12-6-5-9-3-1-2-4-11(9)13(12)14(10)16/h1-7,10H,8H2. The number of aldehydes is 1. The third-order valence-corrected chi connectivity index (χ3v) is 3.06. The number of ketones is 1. The number of hydrogen-bond acceptors (Lipinski definition) is 3. The van der Waals surface area contributed by atoms with E-state index in [0.29, 0.717) is 17.6 Å². The number of ether oxygens (including phenoxy) is 1. The Kier molecular flexibility index (Phi) is 2.18. The molecule has 0 saturated heterocycles. The summed E-state index contributed by atoms with van der Waals surface area (Å²) in [6.45, 7) is 0.147. The first-order chi connectivity index (χ1) is 8.31. The fourth-order valence-electron chi connectivity index (χ4n) is 2.17.